The van der Waals surface area contributed by atoms with Gasteiger partial charge in [-0.05, 0) is 25.7 Å². The van der Waals surface area contributed by atoms with Crippen LogP contribution in [0, 0.1) is 0 Å². The molecule has 0 spiro atoms. The Hall–Kier alpha value is -0.600. The van der Waals surface area contributed by atoms with Crippen molar-refractivity contribution in [3.63, 3.8) is 0 Å². The fourth-order valence-electron chi connectivity index (χ4n) is 1.01. The van der Waals surface area contributed by atoms with E-state index in [0.717, 1.165) is 0 Å². The first kappa shape index (κ1) is 11.4. The Kier molecular flexibility index (Phi) is 6.72. The van der Waals surface area contributed by atoms with Gasteiger partial charge in [0.05, 0.1) is 12.2 Å². The van der Waals surface area contributed by atoms with Gasteiger partial charge in [0.15, 0.2) is 0 Å². The van der Waals surface area contributed by atoms with Crippen molar-refractivity contribution in [1.82, 2.24) is 0 Å². The molecule has 70 valence electrons. The second kappa shape index (κ2) is 7.07. The van der Waals surface area contributed by atoms with Crippen LogP contribution in [0.2, 0.25) is 0 Å². The molecule has 0 aliphatic carbocycles. The molecule has 0 aromatic carbocycles. The summed E-state index contributed by atoms with van der Waals surface area (Å²) in [6, 6.07) is 0. The third kappa shape index (κ3) is 6.13. The highest BCUT2D eigenvalue weighted by molar-refractivity contribution is 4.76. The molecule has 2 N–H and O–H groups in total. The van der Waals surface area contributed by atoms with Crippen LogP contribution in [-0.2, 0) is 0 Å². The Labute approximate surface area is 74.2 Å². The molecule has 0 aromatic rings. The van der Waals surface area contributed by atoms with E-state index in [9.17, 15) is 10.2 Å². The Morgan fingerprint density at radius 2 is 1.25 bits per heavy atom. The van der Waals surface area contributed by atoms with E-state index in [-0.39, 0.29) is 12.2 Å². The maximum Gasteiger partial charge on any atom is 0.0575 e. The van der Waals surface area contributed by atoms with Gasteiger partial charge in [0, 0.05) is 0 Å². The molecule has 0 fully saturated rings. The molecule has 0 radical (unpaired) electrons. The van der Waals surface area contributed by atoms with E-state index < -0.39 is 0 Å². The van der Waals surface area contributed by atoms with Crippen LogP contribution in [0.1, 0.15) is 25.7 Å². The Balaban J connectivity index is 3.38. The lowest BCUT2D eigenvalue weighted by molar-refractivity contribution is 0.117. The topological polar surface area (TPSA) is 40.5 Å². The first-order valence-electron chi connectivity index (χ1n) is 4.28. The highest BCUT2D eigenvalue weighted by Gasteiger charge is 2.06. The maximum atomic E-state index is 9.26. The third-order valence-electron chi connectivity index (χ3n) is 1.71. The zero-order valence-corrected chi connectivity index (χ0v) is 7.45. The quantitative estimate of drug-likeness (QED) is 0.570. The summed E-state index contributed by atoms with van der Waals surface area (Å²) in [4.78, 5) is 0. The summed E-state index contributed by atoms with van der Waals surface area (Å²) in [5, 5.41) is 18.5. The van der Waals surface area contributed by atoms with Crippen LogP contribution in [0.4, 0.5) is 0 Å². The highest BCUT2D eigenvalue weighted by atomic mass is 16.3. The van der Waals surface area contributed by atoms with Crippen molar-refractivity contribution in [2.75, 3.05) is 0 Å². The molecular formula is C10H18O2. The lowest BCUT2D eigenvalue weighted by Crippen LogP contribution is -2.11. The van der Waals surface area contributed by atoms with E-state index in [1.54, 1.807) is 12.2 Å². The van der Waals surface area contributed by atoms with E-state index >= 15 is 0 Å². The zero-order valence-electron chi connectivity index (χ0n) is 7.45. The fourth-order valence-corrected chi connectivity index (χ4v) is 1.01. The van der Waals surface area contributed by atoms with Crippen molar-refractivity contribution in [2.45, 2.75) is 37.9 Å². The van der Waals surface area contributed by atoms with Gasteiger partial charge < -0.3 is 10.2 Å². The van der Waals surface area contributed by atoms with Gasteiger partial charge in [-0.25, -0.2) is 0 Å². The molecule has 2 atom stereocenters. The minimum Gasteiger partial charge on any atom is -0.393 e. The summed E-state index contributed by atoms with van der Waals surface area (Å²) in [5.74, 6) is 0. The van der Waals surface area contributed by atoms with Gasteiger partial charge in [0.1, 0.15) is 0 Å². The van der Waals surface area contributed by atoms with Crippen LogP contribution >= 0.6 is 0 Å². The van der Waals surface area contributed by atoms with Crippen LogP contribution in [0.3, 0.4) is 0 Å². The molecule has 0 heterocycles. The standard InChI is InChI=1S/C10H18O2/c1-3-5-9(11)7-8-10(12)6-4-2/h3-4,9-12H,1-2,5-8H2/t9-,10-/m0/s1. The number of rotatable bonds is 7. The number of hydrogen-bond acceptors (Lipinski definition) is 2. The van der Waals surface area contributed by atoms with Gasteiger partial charge in [-0.1, -0.05) is 12.2 Å². The first-order chi connectivity index (χ1) is 5.70. The van der Waals surface area contributed by atoms with Crippen molar-refractivity contribution in [1.29, 1.82) is 0 Å². The van der Waals surface area contributed by atoms with E-state index in [4.69, 9.17) is 0 Å². The molecule has 0 saturated heterocycles. The summed E-state index contributed by atoms with van der Waals surface area (Å²) in [5.41, 5.74) is 0. The average molecular weight is 170 g/mol. The van der Waals surface area contributed by atoms with Crippen LogP contribution in [0.25, 0.3) is 0 Å². The van der Waals surface area contributed by atoms with Crippen LogP contribution in [0.15, 0.2) is 25.3 Å². The van der Waals surface area contributed by atoms with E-state index in [1.165, 1.54) is 0 Å². The number of hydrogen-bond donors (Lipinski definition) is 2. The highest BCUT2D eigenvalue weighted by Crippen LogP contribution is 2.07. The minimum atomic E-state index is -0.359. The van der Waals surface area contributed by atoms with E-state index in [1.807, 2.05) is 0 Å². The molecule has 2 nitrogen and oxygen atoms in total. The molecule has 0 aromatic heterocycles. The molecule has 0 unspecified atom stereocenters. The second-order valence-corrected chi connectivity index (χ2v) is 2.93. The van der Waals surface area contributed by atoms with E-state index in [0.29, 0.717) is 25.7 Å². The largest absolute Gasteiger partial charge is 0.393 e. The molecule has 0 amide bonds. The first-order valence-corrected chi connectivity index (χ1v) is 4.28. The summed E-state index contributed by atoms with van der Waals surface area (Å²) in [7, 11) is 0. The lowest BCUT2D eigenvalue weighted by Gasteiger charge is -2.10. The van der Waals surface area contributed by atoms with Crippen LogP contribution in [-0.4, -0.2) is 22.4 Å². The molecule has 0 saturated carbocycles. The second-order valence-electron chi connectivity index (χ2n) is 2.93. The molecule has 12 heavy (non-hydrogen) atoms. The van der Waals surface area contributed by atoms with Gasteiger partial charge >= 0.3 is 0 Å². The van der Waals surface area contributed by atoms with Gasteiger partial charge in [-0.3, -0.25) is 0 Å². The summed E-state index contributed by atoms with van der Waals surface area (Å²) in [6.07, 6.45) is 5.10. The molecule has 0 aliphatic heterocycles. The minimum absolute atomic E-state index is 0.359. The fraction of sp³-hybridized carbons (Fsp3) is 0.600. The van der Waals surface area contributed by atoms with Gasteiger partial charge in [-0.2, -0.15) is 0 Å². The molecule has 0 aliphatic rings. The van der Waals surface area contributed by atoms with Crippen LogP contribution < -0.4 is 0 Å². The normalized spacial score (nSPS) is 15.2. The third-order valence-corrected chi connectivity index (χ3v) is 1.71. The number of aliphatic hydroxyl groups is 2. The average Bonchev–Trinajstić information content (AvgIpc) is 2.02. The van der Waals surface area contributed by atoms with Gasteiger partial charge in [-0.15, -0.1) is 13.2 Å². The molecule has 0 rings (SSSR count). The Morgan fingerprint density at radius 1 is 0.917 bits per heavy atom. The van der Waals surface area contributed by atoms with Gasteiger partial charge in [0.2, 0.25) is 0 Å². The Bertz CT molecular complexity index is 116. The SMILES string of the molecule is C=CC[C@H](O)CC[C@@H](O)CC=C. The van der Waals surface area contributed by atoms with Crippen LogP contribution in [0.5, 0.6) is 0 Å². The summed E-state index contributed by atoms with van der Waals surface area (Å²) >= 11 is 0. The van der Waals surface area contributed by atoms with Crippen molar-refractivity contribution in [2.24, 2.45) is 0 Å². The predicted octanol–water partition coefficient (Wildman–Crippen LogP) is 1.64. The van der Waals surface area contributed by atoms with Crippen molar-refractivity contribution < 1.29 is 10.2 Å². The van der Waals surface area contributed by atoms with Gasteiger partial charge in [0.25, 0.3) is 0 Å². The lowest BCUT2D eigenvalue weighted by atomic mass is 10.1. The summed E-state index contributed by atoms with van der Waals surface area (Å²) in [6.45, 7) is 7.05. The van der Waals surface area contributed by atoms with Crippen molar-refractivity contribution in [3.8, 4) is 0 Å². The predicted molar refractivity (Wildman–Crippen MR) is 50.9 cm³/mol. The van der Waals surface area contributed by atoms with E-state index in [2.05, 4.69) is 13.2 Å². The van der Waals surface area contributed by atoms with Crippen molar-refractivity contribution >= 4 is 0 Å². The van der Waals surface area contributed by atoms with Crippen molar-refractivity contribution in [3.05, 3.63) is 25.3 Å². The smallest absolute Gasteiger partial charge is 0.0575 e. The molecule has 2 heteroatoms. The molecule has 0 bridgehead atoms. The molecular weight excluding hydrogens is 152 g/mol. The maximum absolute atomic E-state index is 9.26. The zero-order chi connectivity index (χ0) is 9.40. The number of aliphatic hydroxyl groups excluding tert-OH is 2. The monoisotopic (exact) mass is 170 g/mol. The Morgan fingerprint density at radius 3 is 1.50 bits per heavy atom. The summed E-state index contributed by atoms with van der Waals surface area (Å²) < 4.78 is 0.